The molecule has 0 bridgehead atoms. The van der Waals surface area contributed by atoms with Crippen molar-refractivity contribution >= 4 is 17.9 Å². The minimum absolute atomic E-state index is 0.0173. The Morgan fingerprint density at radius 1 is 1.53 bits per heavy atom. The van der Waals surface area contributed by atoms with Crippen molar-refractivity contribution < 1.29 is 19.1 Å². The van der Waals surface area contributed by atoms with Crippen LogP contribution in [0.3, 0.4) is 0 Å². The average Bonchev–Trinajstić information content (AvgIpc) is 2.27. The highest BCUT2D eigenvalue weighted by atomic mass is 16.5. The van der Waals surface area contributed by atoms with Crippen LogP contribution >= 0.6 is 0 Å². The van der Waals surface area contributed by atoms with Gasteiger partial charge in [0, 0.05) is 6.07 Å². The lowest BCUT2D eigenvalue weighted by atomic mass is 10.1. The smallest absolute Gasteiger partial charge is 0.262 e. The van der Waals surface area contributed by atoms with Gasteiger partial charge in [0.1, 0.15) is 11.5 Å². The maximum atomic E-state index is 11.0. The van der Waals surface area contributed by atoms with E-state index in [1.807, 2.05) is 0 Å². The molecule has 0 atom stereocenters. The number of benzene rings is 1. The highest BCUT2D eigenvalue weighted by Gasteiger charge is 2.18. The predicted octanol–water partition coefficient (Wildman–Crippen LogP) is 0.839. The summed E-state index contributed by atoms with van der Waals surface area (Å²) in [5.41, 5.74) is 0.871. The van der Waals surface area contributed by atoms with Gasteiger partial charge in [-0.15, -0.1) is 0 Å². The van der Waals surface area contributed by atoms with Crippen molar-refractivity contribution in [3.05, 3.63) is 17.7 Å². The number of rotatable bonds is 2. The fraction of sp³-hybridized carbons (Fsp3) is 0.200. The molecule has 0 unspecified atom stereocenters. The first-order valence-electron chi connectivity index (χ1n) is 4.34. The first-order chi connectivity index (χ1) is 7.24. The lowest BCUT2D eigenvalue weighted by Gasteiger charge is -2.19. The Morgan fingerprint density at radius 3 is 3.00 bits per heavy atom. The van der Waals surface area contributed by atoms with Crippen molar-refractivity contribution in [1.82, 2.24) is 0 Å². The van der Waals surface area contributed by atoms with E-state index in [1.54, 1.807) is 6.07 Å². The van der Waals surface area contributed by atoms with Crippen molar-refractivity contribution in [3.63, 3.8) is 0 Å². The molecule has 0 saturated heterocycles. The van der Waals surface area contributed by atoms with Gasteiger partial charge in [-0.3, -0.25) is 9.59 Å². The normalized spacial score (nSPS) is 13.5. The summed E-state index contributed by atoms with van der Waals surface area (Å²) in [5, 5.41) is 2.61. The number of aldehydes is 1. The van der Waals surface area contributed by atoms with Crippen LogP contribution in [0.15, 0.2) is 12.1 Å². The molecule has 1 heterocycles. The quantitative estimate of drug-likeness (QED) is 0.730. The summed E-state index contributed by atoms with van der Waals surface area (Å²) < 4.78 is 10.2. The molecule has 0 fully saturated rings. The minimum atomic E-state index is -0.232. The van der Waals surface area contributed by atoms with E-state index in [1.165, 1.54) is 13.2 Å². The Bertz CT molecular complexity index is 428. The maximum absolute atomic E-state index is 11.0. The molecule has 1 aromatic carbocycles. The van der Waals surface area contributed by atoms with Gasteiger partial charge in [0.15, 0.2) is 12.9 Å². The summed E-state index contributed by atoms with van der Waals surface area (Å²) in [6.45, 7) is -0.0173. The number of nitrogens with one attached hydrogen (secondary N) is 1. The molecule has 0 radical (unpaired) electrons. The van der Waals surface area contributed by atoms with Crippen molar-refractivity contribution in [2.24, 2.45) is 0 Å². The first-order valence-corrected chi connectivity index (χ1v) is 4.34. The van der Waals surface area contributed by atoms with E-state index in [0.717, 1.165) is 0 Å². The second-order valence-corrected chi connectivity index (χ2v) is 3.05. The largest absolute Gasteiger partial charge is 0.496 e. The average molecular weight is 207 g/mol. The Morgan fingerprint density at radius 2 is 2.33 bits per heavy atom. The molecule has 2 rings (SSSR count). The SMILES string of the molecule is COc1cc2c(cc1C=O)NC(=O)CO2. The number of ether oxygens (including phenoxy) is 2. The maximum Gasteiger partial charge on any atom is 0.262 e. The minimum Gasteiger partial charge on any atom is -0.496 e. The summed E-state index contributed by atoms with van der Waals surface area (Å²) in [6.07, 6.45) is 0.667. The van der Waals surface area contributed by atoms with Crippen LogP contribution in [0.2, 0.25) is 0 Å². The molecule has 5 nitrogen and oxygen atoms in total. The van der Waals surface area contributed by atoms with Crippen LogP contribution in [-0.4, -0.2) is 25.9 Å². The zero-order chi connectivity index (χ0) is 10.8. The highest BCUT2D eigenvalue weighted by molar-refractivity contribution is 5.97. The molecule has 1 N–H and O–H groups in total. The summed E-state index contributed by atoms with van der Waals surface area (Å²) in [7, 11) is 1.47. The fourth-order valence-electron chi connectivity index (χ4n) is 1.39. The molecule has 1 aliphatic rings. The van der Waals surface area contributed by atoms with E-state index in [9.17, 15) is 9.59 Å². The molecule has 15 heavy (non-hydrogen) atoms. The molecule has 5 heteroatoms. The molecule has 0 aromatic heterocycles. The lowest BCUT2D eigenvalue weighted by molar-refractivity contribution is -0.118. The van der Waals surface area contributed by atoms with Crippen molar-refractivity contribution in [2.45, 2.75) is 0 Å². The second-order valence-electron chi connectivity index (χ2n) is 3.05. The number of fused-ring (bicyclic) bond motifs is 1. The molecule has 0 aliphatic carbocycles. The van der Waals surface area contributed by atoms with E-state index in [4.69, 9.17) is 9.47 Å². The first kappa shape index (κ1) is 9.51. The standard InChI is InChI=1S/C10H9NO4/c1-14-8-3-9-7(2-6(8)4-12)11-10(13)5-15-9/h2-4H,5H2,1H3,(H,11,13). The second kappa shape index (κ2) is 3.61. The van der Waals surface area contributed by atoms with Gasteiger partial charge >= 0.3 is 0 Å². The highest BCUT2D eigenvalue weighted by Crippen LogP contribution is 2.33. The molecule has 1 aromatic rings. The van der Waals surface area contributed by atoms with Gasteiger partial charge in [-0.1, -0.05) is 0 Å². The number of carbonyl (C=O) groups is 2. The van der Waals surface area contributed by atoms with Crippen molar-refractivity contribution in [2.75, 3.05) is 19.0 Å². The number of amides is 1. The number of anilines is 1. The zero-order valence-corrected chi connectivity index (χ0v) is 8.07. The van der Waals surface area contributed by atoms with E-state index in [2.05, 4.69) is 5.32 Å². The Labute approximate surface area is 86.0 Å². The topological polar surface area (TPSA) is 64.6 Å². The Balaban J connectivity index is 2.49. The van der Waals surface area contributed by atoms with Crippen LogP contribution in [0.5, 0.6) is 11.5 Å². The van der Waals surface area contributed by atoms with Gasteiger partial charge in [0.2, 0.25) is 0 Å². The van der Waals surface area contributed by atoms with Crippen LogP contribution in [0.4, 0.5) is 5.69 Å². The zero-order valence-electron chi connectivity index (χ0n) is 8.07. The molecule has 0 saturated carbocycles. The van der Waals surface area contributed by atoms with Gasteiger partial charge < -0.3 is 14.8 Å². The van der Waals surface area contributed by atoms with Gasteiger partial charge in [-0.05, 0) is 6.07 Å². The van der Waals surface area contributed by atoms with Crippen LogP contribution < -0.4 is 14.8 Å². The fourth-order valence-corrected chi connectivity index (χ4v) is 1.39. The van der Waals surface area contributed by atoms with E-state index < -0.39 is 0 Å². The van der Waals surface area contributed by atoms with Crippen LogP contribution in [0.25, 0.3) is 0 Å². The molecular formula is C10H9NO4. The molecule has 1 aliphatic heterocycles. The van der Waals surface area contributed by atoms with Crippen LogP contribution in [0, 0.1) is 0 Å². The monoisotopic (exact) mass is 207 g/mol. The third-order valence-electron chi connectivity index (χ3n) is 2.09. The van der Waals surface area contributed by atoms with E-state index >= 15 is 0 Å². The summed E-state index contributed by atoms with van der Waals surface area (Å²) in [5.74, 6) is 0.710. The predicted molar refractivity (Wildman–Crippen MR) is 52.5 cm³/mol. The third kappa shape index (κ3) is 1.63. The number of methoxy groups -OCH3 is 1. The van der Waals surface area contributed by atoms with E-state index in [-0.39, 0.29) is 12.5 Å². The number of carbonyl (C=O) groups excluding carboxylic acids is 2. The van der Waals surface area contributed by atoms with Crippen LogP contribution in [-0.2, 0) is 4.79 Å². The summed E-state index contributed by atoms with van der Waals surface area (Å²) >= 11 is 0. The van der Waals surface area contributed by atoms with Crippen molar-refractivity contribution in [1.29, 1.82) is 0 Å². The van der Waals surface area contributed by atoms with Gasteiger partial charge in [-0.2, -0.15) is 0 Å². The Hall–Kier alpha value is -2.04. The third-order valence-corrected chi connectivity index (χ3v) is 2.09. The Kier molecular flexibility index (Phi) is 2.29. The van der Waals surface area contributed by atoms with Crippen LogP contribution in [0.1, 0.15) is 10.4 Å². The molecule has 78 valence electrons. The number of hydrogen-bond acceptors (Lipinski definition) is 4. The number of hydrogen-bond donors (Lipinski definition) is 1. The summed E-state index contributed by atoms with van der Waals surface area (Å²) in [4.78, 5) is 21.7. The van der Waals surface area contributed by atoms with Gasteiger partial charge in [-0.25, -0.2) is 0 Å². The molecule has 0 spiro atoms. The lowest BCUT2D eigenvalue weighted by Crippen LogP contribution is -2.25. The van der Waals surface area contributed by atoms with E-state index in [0.29, 0.717) is 29.0 Å². The van der Waals surface area contributed by atoms with Gasteiger partial charge in [0.05, 0.1) is 18.4 Å². The van der Waals surface area contributed by atoms with Gasteiger partial charge in [0.25, 0.3) is 5.91 Å². The summed E-state index contributed by atoms with van der Waals surface area (Å²) in [6, 6.07) is 3.11. The molecular weight excluding hydrogens is 198 g/mol. The molecule has 1 amide bonds. The van der Waals surface area contributed by atoms with Crippen molar-refractivity contribution in [3.8, 4) is 11.5 Å².